The zero-order valence-corrected chi connectivity index (χ0v) is 12.3. The normalized spacial score (nSPS) is 22.8. The third-order valence-electron chi connectivity index (χ3n) is 3.32. The molecule has 1 fully saturated rings. The smallest absolute Gasteiger partial charge is 0.243 e. The Hall–Kier alpha value is -0.930. The molecule has 0 spiro atoms. The van der Waals surface area contributed by atoms with Crippen LogP contribution >= 0.6 is 23.4 Å². The first kappa shape index (κ1) is 14.5. The largest absolute Gasteiger partial charge is 0.350 e. The molecule has 0 radical (unpaired) electrons. The minimum absolute atomic E-state index is 0.0613. The van der Waals surface area contributed by atoms with Gasteiger partial charge in [-0.15, -0.1) is 11.8 Å². The molecule has 1 aromatic carbocycles. The number of amides is 1. The molecule has 2 rings (SSSR count). The lowest BCUT2D eigenvalue weighted by Crippen LogP contribution is -2.37. The van der Waals surface area contributed by atoms with Crippen LogP contribution in [0.15, 0.2) is 41.8 Å². The maximum atomic E-state index is 11.2. The Balaban J connectivity index is 1.78. The summed E-state index contributed by atoms with van der Waals surface area (Å²) in [5.74, 6) is -0.0613. The van der Waals surface area contributed by atoms with Crippen LogP contribution in [0.1, 0.15) is 25.7 Å². The number of thioether (sulfide) groups is 1. The van der Waals surface area contributed by atoms with Gasteiger partial charge in [-0.05, 0) is 56.0 Å². The molecule has 0 heterocycles. The fourth-order valence-corrected chi connectivity index (χ4v) is 3.60. The molecule has 0 bridgehead atoms. The monoisotopic (exact) mass is 295 g/mol. The van der Waals surface area contributed by atoms with Gasteiger partial charge in [0.05, 0.1) is 0 Å². The minimum atomic E-state index is -0.0613. The van der Waals surface area contributed by atoms with E-state index in [0.29, 0.717) is 11.3 Å². The number of hydrogen-bond donors (Lipinski definition) is 1. The molecule has 1 aliphatic carbocycles. The van der Waals surface area contributed by atoms with Gasteiger partial charge in [-0.1, -0.05) is 18.2 Å². The number of rotatable bonds is 4. The predicted molar refractivity (Wildman–Crippen MR) is 81.7 cm³/mol. The molecule has 0 saturated heterocycles. The quantitative estimate of drug-likeness (QED) is 0.849. The first-order chi connectivity index (χ1) is 9.17. The summed E-state index contributed by atoms with van der Waals surface area (Å²) in [6.07, 6.45) is 5.70. The molecule has 1 aromatic rings. The summed E-state index contributed by atoms with van der Waals surface area (Å²) in [7, 11) is 0. The van der Waals surface area contributed by atoms with Crippen molar-refractivity contribution in [3.63, 3.8) is 0 Å². The van der Waals surface area contributed by atoms with Crippen molar-refractivity contribution in [2.24, 2.45) is 0 Å². The summed E-state index contributed by atoms with van der Waals surface area (Å²) < 4.78 is 0. The van der Waals surface area contributed by atoms with Gasteiger partial charge in [-0.25, -0.2) is 0 Å². The van der Waals surface area contributed by atoms with Crippen molar-refractivity contribution in [3.8, 4) is 0 Å². The lowest BCUT2D eigenvalue weighted by molar-refractivity contribution is -0.117. The molecule has 4 heteroatoms. The Bertz CT molecular complexity index is 438. The highest BCUT2D eigenvalue weighted by Gasteiger charge is 2.22. The molecule has 0 atom stereocenters. The van der Waals surface area contributed by atoms with Crippen LogP contribution < -0.4 is 5.32 Å². The van der Waals surface area contributed by atoms with E-state index in [1.165, 1.54) is 11.0 Å². The summed E-state index contributed by atoms with van der Waals surface area (Å²) in [6, 6.07) is 8.31. The summed E-state index contributed by atoms with van der Waals surface area (Å²) in [5.41, 5.74) is 0. The van der Waals surface area contributed by atoms with E-state index in [9.17, 15) is 4.79 Å². The fraction of sp³-hybridized carbons (Fsp3) is 0.400. The Morgan fingerprint density at radius 1 is 1.26 bits per heavy atom. The topological polar surface area (TPSA) is 29.1 Å². The van der Waals surface area contributed by atoms with Crippen LogP contribution in [0.5, 0.6) is 0 Å². The van der Waals surface area contributed by atoms with Crippen LogP contribution in [0.25, 0.3) is 0 Å². The van der Waals surface area contributed by atoms with Gasteiger partial charge in [0.1, 0.15) is 0 Å². The van der Waals surface area contributed by atoms with Gasteiger partial charge in [-0.3, -0.25) is 4.79 Å². The molecule has 102 valence electrons. The second-order valence-corrected chi connectivity index (χ2v) is 6.57. The van der Waals surface area contributed by atoms with Crippen molar-refractivity contribution in [2.45, 2.75) is 41.9 Å². The first-order valence-corrected chi connectivity index (χ1v) is 7.78. The lowest BCUT2D eigenvalue weighted by Gasteiger charge is -2.28. The van der Waals surface area contributed by atoms with Crippen molar-refractivity contribution >= 4 is 29.3 Å². The minimum Gasteiger partial charge on any atom is -0.350 e. The van der Waals surface area contributed by atoms with Gasteiger partial charge in [0.15, 0.2) is 0 Å². The molecule has 0 aromatic heterocycles. The Labute approximate surface area is 123 Å². The third kappa shape index (κ3) is 4.59. The number of carbonyl (C=O) groups excluding carboxylic acids is 1. The molecular weight excluding hydrogens is 278 g/mol. The van der Waals surface area contributed by atoms with Crippen molar-refractivity contribution in [3.05, 3.63) is 41.9 Å². The average Bonchev–Trinajstić information content (AvgIpc) is 2.43. The molecule has 0 aliphatic heterocycles. The van der Waals surface area contributed by atoms with E-state index >= 15 is 0 Å². The SMILES string of the molecule is C=CC(=O)NC1CCC(Sc2ccc(Cl)cc2)CC1. The van der Waals surface area contributed by atoms with Crippen LogP contribution in [0.4, 0.5) is 0 Å². The number of halogens is 1. The molecule has 19 heavy (non-hydrogen) atoms. The molecule has 1 amide bonds. The number of benzene rings is 1. The van der Waals surface area contributed by atoms with E-state index in [4.69, 9.17) is 11.6 Å². The first-order valence-electron chi connectivity index (χ1n) is 6.52. The van der Waals surface area contributed by atoms with E-state index in [2.05, 4.69) is 24.0 Å². The maximum absolute atomic E-state index is 11.2. The molecular formula is C15H18ClNOS. The van der Waals surface area contributed by atoms with Crippen LogP contribution in [0, 0.1) is 0 Å². The highest BCUT2D eigenvalue weighted by Crippen LogP contribution is 2.34. The highest BCUT2D eigenvalue weighted by molar-refractivity contribution is 8.00. The standard InChI is InChI=1S/C15H18ClNOS/c1-2-15(18)17-12-5-9-14(10-6-12)19-13-7-3-11(16)4-8-13/h2-4,7-8,12,14H,1,5-6,9-10H2,(H,17,18). The summed E-state index contributed by atoms with van der Waals surface area (Å²) >= 11 is 7.79. The van der Waals surface area contributed by atoms with Crippen molar-refractivity contribution in [1.29, 1.82) is 0 Å². The molecule has 1 N–H and O–H groups in total. The predicted octanol–water partition coefficient (Wildman–Crippen LogP) is 4.05. The van der Waals surface area contributed by atoms with Gasteiger partial charge in [-0.2, -0.15) is 0 Å². The van der Waals surface area contributed by atoms with Gasteiger partial charge < -0.3 is 5.32 Å². The number of carbonyl (C=O) groups is 1. The van der Waals surface area contributed by atoms with Crippen LogP contribution in [0.3, 0.4) is 0 Å². The van der Waals surface area contributed by atoms with Crippen LogP contribution in [-0.4, -0.2) is 17.2 Å². The molecule has 1 aliphatic rings. The molecule has 1 saturated carbocycles. The van der Waals surface area contributed by atoms with Crippen molar-refractivity contribution in [1.82, 2.24) is 5.32 Å². The van der Waals surface area contributed by atoms with E-state index in [1.807, 2.05) is 23.9 Å². The summed E-state index contributed by atoms with van der Waals surface area (Å²) in [5, 5.41) is 4.39. The van der Waals surface area contributed by atoms with E-state index in [1.54, 1.807) is 0 Å². The van der Waals surface area contributed by atoms with E-state index in [-0.39, 0.29) is 5.91 Å². The Kier molecular flexibility index (Phi) is 5.34. The Morgan fingerprint density at radius 2 is 1.89 bits per heavy atom. The van der Waals surface area contributed by atoms with Gasteiger partial charge in [0.2, 0.25) is 5.91 Å². The Morgan fingerprint density at radius 3 is 2.47 bits per heavy atom. The zero-order valence-electron chi connectivity index (χ0n) is 10.8. The van der Waals surface area contributed by atoms with Crippen molar-refractivity contribution < 1.29 is 4.79 Å². The second-order valence-electron chi connectivity index (χ2n) is 4.76. The number of nitrogens with one attached hydrogen (secondary N) is 1. The number of hydrogen-bond acceptors (Lipinski definition) is 2. The van der Waals surface area contributed by atoms with Gasteiger partial charge in [0.25, 0.3) is 0 Å². The zero-order chi connectivity index (χ0) is 13.7. The molecule has 0 unspecified atom stereocenters. The highest BCUT2D eigenvalue weighted by atomic mass is 35.5. The van der Waals surface area contributed by atoms with Crippen molar-refractivity contribution in [2.75, 3.05) is 0 Å². The second kappa shape index (κ2) is 7.01. The third-order valence-corrected chi connectivity index (χ3v) is 4.92. The summed E-state index contributed by atoms with van der Waals surface area (Å²) in [6.45, 7) is 3.48. The van der Waals surface area contributed by atoms with Crippen LogP contribution in [-0.2, 0) is 4.79 Å². The lowest BCUT2D eigenvalue weighted by atomic mass is 9.95. The maximum Gasteiger partial charge on any atom is 0.243 e. The molecule has 2 nitrogen and oxygen atoms in total. The fourth-order valence-electron chi connectivity index (χ4n) is 2.29. The average molecular weight is 296 g/mol. The summed E-state index contributed by atoms with van der Waals surface area (Å²) in [4.78, 5) is 12.5. The van der Waals surface area contributed by atoms with E-state index in [0.717, 1.165) is 30.7 Å². The van der Waals surface area contributed by atoms with Gasteiger partial charge in [0, 0.05) is 21.2 Å². The van der Waals surface area contributed by atoms with E-state index < -0.39 is 0 Å². The van der Waals surface area contributed by atoms with Gasteiger partial charge >= 0.3 is 0 Å². The van der Waals surface area contributed by atoms with Crippen LogP contribution in [0.2, 0.25) is 5.02 Å².